The molecule has 0 N–H and O–H groups in total. The molecule has 4 nitrogen and oxygen atoms in total. The van der Waals surface area contributed by atoms with E-state index in [0.29, 0.717) is 6.61 Å². The molecule has 0 fully saturated rings. The number of ether oxygens (including phenoxy) is 1. The molecule has 0 spiro atoms. The van der Waals surface area contributed by atoms with Gasteiger partial charge in [0.1, 0.15) is 0 Å². The van der Waals surface area contributed by atoms with E-state index < -0.39 is 8.56 Å². The van der Waals surface area contributed by atoms with E-state index in [1.807, 2.05) is 13.5 Å². The number of esters is 1. The van der Waals surface area contributed by atoms with Gasteiger partial charge >= 0.3 is 14.5 Å². The summed E-state index contributed by atoms with van der Waals surface area (Å²) in [5.74, 6) is -0.232. The smallest absolute Gasteiger partial charge is 0.348 e. The zero-order valence-electron chi connectivity index (χ0n) is 9.62. The quantitative estimate of drug-likeness (QED) is 0.505. The van der Waals surface area contributed by atoms with E-state index in [0.717, 1.165) is 6.42 Å². The van der Waals surface area contributed by atoms with Gasteiger partial charge in [0.25, 0.3) is 0 Å². The van der Waals surface area contributed by atoms with Crippen LogP contribution in [0.4, 0.5) is 0 Å². The van der Waals surface area contributed by atoms with E-state index in [4.69, 9.17) is 13.6 Å². The van der Waals surface area contributed by atoms with Gasteiger partial charge in [0.2, 0.25) is 0 Å². The number of hydrogen-bond donors (Lipinski definition) is 0. The maximum absolute atomic E-state index is 11.5. The van der Waals surface area contributed by atoms with Crippen LogP contribution >= 0.6 is 0 Å². The van der Waals surface area contributed by atoms with Crippen molar-refractivity contribution in [2.75, 3.05) is 20.8 Å². The van der Waals surface area contributed by atoms with Crippen LogP contribution in [0.25, 0.3) is 0 Å². The van der Waals surface area contributed by atoms with E-state index >= 15 is 0 Å². The topological polar surface area (TPSA) is 44.8 Å². The van der Waals surface area contributed by atoms with Crippen LogP contribution in [0.1, 0.15) is 20.3 Å². The van der Waals surface area contributed by atoms with Crippen LogP contribution in [0.15, 0.2) is 0 Å². The average Bonchev–Trinajstić information content (AvgIpc) is 2.23. The first kappa shape index (κ1) is 13.6. The zero-order chi connectivity index (χ0) is 11.2. The lowest BCUT2D eigenvalue weighted by atomic mass is 10.5. The molecule has 0 aromatic heterocycles. The summed E-state index contributed by atoms with van der Waals surface area (Å²) in [6.07, 6.45) is 0.830. The second kappa shape index (κ2) is 6.16. The van der Waals surface area contributed by atoms with Crippen LogP contribution in [0.5, 0.6) is 0 Å². The SMILES string of the molecule is CCCOC(=O)C(C)[Si](C)(OC)OC. The molecule has 1 atom stereocenters. The fourth-order valence-electron chi connectivity index (χ4n) is 0.979. The van der Waals surface area contributed by atoms with Gasteiger partial charge < -0.3 is 13.6 Å². The van der Waals surface area contributed by atoms with Crippen molar-refractivity contribution in [3.05, 3.63) is 0 Å². The van der Waals surface area contributed by atoms with Crippen molar-refractivity contribution in [1.29, 1.82) is 0 Å². The monoisotopic (exact) mass is 220 g/mol. The lowest BCUT2D eigenvalue weighted by Gasteiger charge is -2.27. The van der Waals surface area contributed by atoms with Gasteiger partial charge in [-0.05, 0) is 19.9 Å². The van der Waals surface area contributed by atoms with E-state index in [1.165, 1.54) is 0 Å². The summed E-state index contributed by atoms with van der Waals surface area (Å²) in [6.45, 7) is 6.06. The lowest BCUT2D eigenvalue weighted by Crippen LogP contribution is -2.44. The van der Waals surface area contributed by atoms with Crippen LogP contribution in [-0.4, -0.2) is 35.4 Å². The molecule has 0 aliphatic rings. The van der Waals surface area contributed by atoms with Crippen molar-refractivity contribution >= 4 is 14.5 Å². The van der Waals surface area contributed by atoms with Gasteiger partial charge in [-0.15, -0.1) is 0 Å². The highest BCUT2D eigenvalue weighted by molar-refractivity contribution is 6.70. The zero-order valence-corrected chi connectivity index (χ0v) is 10.6. The summed E-state index contributed by atoms with van der Waals surface area (Å²) in [7, 11) is 0.749. The van der Waals surface area contributed by atoms with E-state index in [-0.39, 0.29) is 11.5 Å². The highest BCUT2D eigenvalue weighted by Crippen LogP contribution is 2.23. The van der Waals surface area contributed by atoms with Crippen LogP contribution < -0.4 is 0 Å². The van der Waals surface area contributed by atoms with Crippen molar-refractivity contribution in [2.24, 2.45) is 0 Å². The number of rotatable bonds is 6. The van der Waals surface area contributed by atoms with Gasteiger partial charge in [0.05, 0.1) is 12.1 Å². The van der Waals surface area contributed by atoms with Gasteiger partial charge in [-0.1, -0.05) is 6.92 Å². The van der Waals surface area contributed by atoms with E-state index in [2.05, 4.69) is 0 Å². The van der Waals surface area contributed by atoms with Crippen molar-refractivity contribution in [3.8, 4) is 0 Å². The molecule has 1 unspecified atom stereocenters. The van der Waals surface area contributed by atoms with Crippen molar-refractivity contribution in [3.63, 3.8) is 0 Å². The Morgan fingerprint density at radius 2 is 1.86 bits per heavy atom. The first-order valence-electron chi connectivity index (χ1n) is 4.78. The van der Waals surface area contributed by atoms with E-state index in [1.54, 1.807) is 21.1 Å². The lowest BCUT2D eigenvalue weighted by molar-refractivity contribution is -0.144. The minimum Gasteiger partial charge on any atom is -0.466 e. The Kier molecular flexibility index (Phi) is 5.99. The summed E-state index contributed by atoms with van der Waals surface area (Å²) in [5, 5.41) is 0. The summed E-state index contributed by atoms with van der Waals surface area (Å²) in [4.78, 5) is 11.5. The molecule has 0 heterocycles. The molecule has 0 aromatic carbocycles. The third-order valence-electron chi connectivity index (χ3n) is 2.40. The third kappa shape index (κ3) is 3.40. The maximum atomic E-state index is 11.5. The Balaban J connectivity index is 4.27. The Labute approximate surface area is 86.8 Å². The molecule has 14 heavy (non-hydrogen) atoms. The molecule has 0 aromatic rings. The fourth-order valence-corrected chi connectivity index (χ4v) is 2.36. The van der Waals surface area contributed by atoms with Crippen LogP contribution in [0, 0.1) is 0 Å². The maximum Gasteiger partial charge on any atom is 0.348 e. The Morgan fingerprint density at radius 3 is 2.21 bits per heavy atom. The standard InChI is InChI=1S/C9H20O4Si/c1-6-7-13-9(10)8(2)14(5,11-3)12-4/h8H,6-7H2,1-5H3. The molecular weight excluding hydrogens is 200 g/mol. The Bertz CT molecular complexity index is 180. The Hall–Kier alpha value is -0.393. The number of hydrogen-bond acceptors (Lipinski definition) is 4. The van der Waals surface area contributed by atoms with Gasteiger partial charge in [-0.2, -0.15) is 0 Å². The summed E-state index contributed by atoms with van der Waals surface area (Å²) in [6, 6.07) is 0. The first-order chi connectivity index (χ1) is 6.51. The minimum atomic E-state index is -2.39. The molecule has 0 amide bonds. The minimum absolute atomic E-state index is 0.232. The van der Waals surface area contributed by atoms with Gasteiger partial charge in [0, 0.05) is 14.2 Å². The Morgan fingerprint density at radius 1 is 1.36 bits per heavy atom. The highest BCUT2D eigenvalue weighted by Gasteiger charge is 2.42. The molecular formula is C9H20O4Si. The van der Waals surface area contributed by atoms with Crippen molar-refractivity contribution < 1.29 is 18.4 Å². The second-order valence-electron chi connectivity index (χ2n) is 3.31. The number of carbonyl (C=O) groups is 1. The predicted octanol–water partition coefficient (Wildman–Crippen LogP) is 1.69. The van der Waals surface area contributed by atoms with Crippen LogP contribution in [-0.2, 0) is 18.4 Å². The van der Waals surface area contributed by atoms with Crippen molar-refractivity contribution in [2.45, 2.75) is 32.4 Å². The molecule has 0 aliphatic heterocycles. The predicted molar refractivity (Wildman–Crippen MR) is 56.3 cm³/mol. The molecule has 0 radical (unpaired) electrons. The second-order valence-corrected chi connectivity index (χ2v) is 7.03. The summed E-state index contributed by atoms with van der Waals surface area (Å²) >= 11 is 0. The van der Waals surface area contributed by atoms with Gasteiger partial charge in [-0.25, -0.2) is 0 Å². The summed E-state index contributed by atoms with van der Waals surface area (Å²) in [5.41, 5.74) is -0.302. The van der Waals surface area contributed by atoms with Crippen LogP contribution in [0.3, 0.4) is 0 Å². The molecule has 0 saturated carbocycles. The third-order valence-corrected chi connectivity index (χ3v) is 5.83. The van der Waals surface area contributed by atoms with Crippen molar-refractivity contribution in [1.82, 2.24) is 0 Å². The summed E-state index contributed by atoms with van der Waals surface area (Å²) < 4.78 is 15.6. The molecule has 84 valence electrons. The largest absolute Gasteiger partial charge is 0.466 e. The highest BCUT2D eigenvalue weighted by atomic mass is 28.4. The molecule has 5 heteroatoms. The van der Waals surface area contributed by atoms with Gasteiger partial charge in [-0.3, -0.25) is 4.79 Å². The number of carbonyl (C=O) groups excluding carboxylic acids is 1. The molecule has 0 rings (SSSR count). The molecule has 0 saturated heterocycles. The van der Waals surface area contributed by atoms with E-state index in [9.17, 15) is 4.79 Å². The average molecular weight is 220 g/mol. The van der Waals surface area contributed by atoms with Crippen LogP contribution in [0.2, 0.25) is 12.1 Å². The fraction of sp³-hybridized carbons (Fsp3) is 0.889. The first-order valence-corrected chi connectivity index (χ1v) is 7.18. The van der Waals surface area contributed by atoms with Gasteiger partial charge in [0.15, 0.2) is 0 Å². The molecule has 0 aliphatic carbocycles. The molecule has 0 bridgehead atoms. The normalized spacial score (nSPS) is 13.8.